The summed E-state index contributed by atoms with van der Waals surface area (Å²) in [5.41, 5.74) is -0.0929. The Morgan fingerprint density at radius 3 is 2.83 bits per heavy atom. The minimum Gasteiger partial charge on any atom is -0.388 e. The summed E-state index contributed by atoms with van der Waals surface area (Å²) >= 11 is 0. The average molecular weight is 331 g/mol. The molecule has 2 heterocycles. The van der Waals surface area contributed by atoms with Gasteiger partial charge in [-0.2, -0.15) is 5.10 Å². The number of nitrogens with zero attached hydrogens (tertiary/aromatic N) is 3. The minimum absolute atomic E-state index is 0.0903. The minimum atomic E-state index is -0.944. The van der Waals surface area contributed by atoms with Crippen LogP contribution < -0.4 is 10.6 Å². The highest BCUT2D eigenvalue weighted by atomic mass is 16.3. The standard InChI is InChI=1S/C17H25N5O2/c1-4-13(2)17(3,24)12-19-16(23)21-15-8-10-20-22(15)11-14-7-5-6-9-18-14/h5-10,13,24H,4,11-12H2,1-3H3,(H2,19,21,23). The summed E-state index contributed by atoms with van der Waals surface area (Å²) < 4.78 is 1.66. The molecule has 0 saturated heterocycles. The van der Waals surface area contributed by atoms with Crippen LogP contribution in [-0.4, -0.2) is 38.0 Å². The first-order chi connectivity index (χ1) is 11.4. The third kappa shape index (κ3) is 4.79. The molecule has 7 nitrogen and oxygen atoms in total. The fourth-order valence-corrected chi connectivity index (χ4v) is 2.24. The van der Waals surface area contributed by atoms with Crippen molar-refractivity contribution in [2.45, 2.75) is 39.3 Å². The zero-order valence-corrected chi connectivity index (χ0v) is 14.4. The second-order valence-corrected chi connectivity index (χ2v) is 6.17. The van der Waals surface area contributed by atoms with E-state index in [9.17, 15) is 9.90 Å². The number of carbonyl (C=O) groups excluding carboxylic acids is 1. The number of rotatable bonds is 7. The number of carbonyl (C=O) groups is 1. The number of amides is 2. The number of aromatic nitrogens is 3. The molecule has 24 heavy (non-hydrogen) atoms. The van der Waals surface area contributed by atoms with Gasteiger partial charge in [0.05, 0.1) is 24.0 Å². The monoisotopic (exact) mass is 331 g/mol. The normalized spacial score (nSPS) is 14.7. The Hall–Kier alpha value is -2.41. The van der Waals surface area contributed by atoms with Gasteiger partial charge in [0, 0.05) is 18.8 Å². The molecule has 2 aromatic rings. The van der Waals surface area contributed by atoms with E-state index in [1.165, 1.54) is 0 Å². The summed E-state index contributed by atoms with van der Waals surface area (Å²) in [7, 11) is 0. The summed E-state index contributed by atoms with van der Waals surface area (Å²) in [6, 6.07) is 7.00. The van der Waals surface area contributed by atoms with E-state index in [1.54, 1.807) is 30.1 Å². The number of urea groups is 1. The van der Waals surface area contributed by atoms with Crippen LogP contribution in [0.4, 0.5) is 10.6 Å². The molecule has 7 heteroatoms. The molecule has 0 bridgehead atoms. The van der Waals surface area contributed by atoms with Crippen LogP contribution in [0.3, 0.4) is 0 Å². The van der Waals surface area contributed by atoms with Crippen LogP contribution in [-0.2, 0) is 6.54 Å². The number of anilines is 1. The summed E-state index contributed by atoms with van der Waals surface area (Å²) in [5, 5.41) is 20.0. The van der Waals surface area contributed by atoms with Crippen LogP contribution in [0.5, 0.6) is 0 Å². The van der Waals surface area contributed by atoms with Crippen molar-refractivity contribution in [1.82, 2.24) is 20.1 Å². The summed E-state index contributed by atoms with van der Waals surface area (Å²) in [4.78, 5) is 16.3. The molecule has 0 saturated carbocycles. The highest BCUT2D eigenvalue weighted by Crippen LogP contribution is 2.18. The average Bonchev–Trinajstić information content (AvgIpc) is 3.00. The maximum atomic E-state index is 12.1. The van der Waals surface area contributed by atoms with Crippen LogP contribution in [0.2, 0.25) is 0 Å². The van der Waals surface area contributed by atoms with Gasteiger partial charge in [-0.1, -0.05) is 26.3 Å². The largest absolute Gasteiger partial charge is 0.388 e. The van der Waals surface area contributed by atoms with Gasteiger partial charge in [0.25, 0.3) is 0 Å². The van der Waals surface area contributed by atoms with Crippen molar-refractivity contribution in [3.05, 3.63) is 42.4 Å². The lowest BCUT2D eigenvalue weighted by Gasteiger charge is -2.29. The predicted octanol–water partition coefficient (Wildman–Crippen LogP) is 2.25. The Balaban J connectivity index is 1.92. The molecule has 2 aromatic heterocycles. The Kier molecular flexibility index (Phi) is 5.92. The van der Waals surface area contributed by atoms with Crippen LogP contribution in [0.15, 0.2) is 36.7 Å². The molecule has 0 spiro atoms. The Morgan fingerprint density at radius 1 is 1.38 bits per heavy atom. The highest BCUT2D eigenvalue weighted by molar-refractivity contribution is 5.88. The van der Waals surface area contributed by atoms with Crippen molar-refractivity contribution in [2.75, 3.05) is 11.9 Å². The molecular formula is C17H25N5O2. The first-order valence-electron chi connectivity index (χ1n) is 8.11. The lowest BCUT2D eigenvalue weighted by atomic mass is 9.89. The number of hydrogen-bond donors (Lipinski definition) is 3. The van der Waals surface area contributed by atoms with E-state index in [-0.39, 0.29) is 18.5 Å². The van der Waals surface area contributed by atoms with Crippen molar-refractivity contribution in [3.63, 3.8) is 0 Å². The topological polar surface area (TPSA) is 92.1 Å². The third-order valence-electron chi connectivity index (χ3n) is 4.28. The third-order valence-corrected chi connectivity index (χ3v) is 4.28. The lowest BCUT2D eigenvalue weighted by Crippen LogP contribution is -2.46. The van der Waals surface area contributed by atoms with Gasteiger partial charge >= 0.3 is 6.03 Å². The molecule has 2 atom stereocenters. The maximum absolute atomic E-state index is 12.1. The quantitative estimate of drug-likeness (QED) is 0.725. The molecule has 2 unspecified atom stereocenters. The zero-order chi connectivity index (χ0) is 17.6. The highest BCUT2D eigenvalue weighted by Gasteiger charge is 2.27. The molecule has 0 fully saturated rings. The van der Waals surface area contributed by atoms with E-state index >= 15 is 0 Å². The summed E-state index contributed by atoms with van der Waals surface area (Å²) in [6.45, 7) is 6.35. The molecular weight excluding hydrogens is 306 g/mol. The molecule has 0 aromatic carbocycles. The molecule has 0 aliphatic carbocycles. The first-order valence-corrected chi connectivity index (χ1v) is 8.11. The molecule has 130 valence electrons. The maximum Gasteiger partial charge on any atom is 0.320 e. The van der Waals surface area contributed by atoms with E-state index < -0.39 is 5.60 Å². The van der Waals surface area contributed by atoms with Crippen molar-refractivity contribution < 1.29 is 9.90 Å². The van der Waals surface area contributed by atoms with E-state index in [4.69, 9.17) is 0 Å². The fourth-order valence-electron chi connectivity index (χ4n) is 2.24. The Morgan fingerprint density at radius 2 is 2.17 bits per heavy atom. The molecule has 2 rings (SSSR count). The first kappa shape index (κ1) is 17.9. The second-order valence-electron chi connectivity index (χ2n) is 6.17. The van der Waals surface area contributed by atoms with Gasteiger partial charge in [0.15, 0.2) is 0 Å². The van der Waals surface area contributed by atoms with Crippen molar-refractivity contribution in [2.24, 2.45) is 5.92 Å². The van der Waals surface area contributed by atoms with Gasteiger partial charge in [0.1, 0.15) is 5.82 Å². The predicted molar refractivity (Wildman–Crippen MR) is 92.7 cm³/mol. The Bertz CT molecular complexity index is 654. The van der Waals surface area contributed by atoms with Crippen LogP contribution in [0.25, 0.3) is 0 Å². The van der Waals surface area contributed by atoms with E-state index in [2.05, 4.69) is 20.7 Å². The van der Waals surface area contributed by atoms with Crippen LogP contribution in [0.1, 0.15) is 32.9 Å². The van der Waals surface area contributed by atoms with Gasteiger partial charge in [-0.25, -0.2) is 9.48 Å². The number of nitrogens with one attached hydrogen (secondary N) is 2. The van der Waals surface area contributed by atoms with Gasteiger partial charge < -0.3 is 10.4 Å². The molecule has 0 radical (unpaired) electrons. The molecule has 0 aliphatic rings. The lowest BCUT2D eigenvalue weighted by molar-refractivity contribution is 0.00826. The van der Waals surface area contributed by atoms with Crippen molar-refractivity contribution in [1.29, 1.82) is 0 Å². The molecule has 2 amide bonds. The zero-order valence-electron chi connectivity index (χ0n) is 14.4. The van der Waals surface area contributed by atoms with Gasteiger partial charge in [-0.15, -0.1) is 0 Å². The van der Waals surface area contributed by atoms with E-state index in [1.807, 2.05) is 32.0 Å². The number of aliphatic hydroxyl groups is 1. The van der Waals surface area contributed by atoms with E-state index in [0.29, 0.717) is 12.4 Å². The Labute approximate surface area is 142 Å². The molecule has 0 aliphatic heterocycles. The summed E-state index contributed by atoms with van der Waals surface area (Å²) in [6.07, 6.45) is 4.18. The fraction of sp³-hybridized carbons (Fsp3) is 0.471. The number of pyridine rings is 1. The number of hydrogen-bond acceptors (Lipinski definition) is 4. The van der Waals surface area contributed by atoms with E-state index in [0.717, 1.165) is 12.1 Å². The second kappa shape index (κ2) is 7.92. The summed E-state index contributed by atoms with van der Waals surface area (Å²) in [5.74, 6) is 0.661. The van der Waals surface area contributed by atoms with Crippen LogP contribution >= 0.6 is 0 Å². The molecule has 3 N–H and O–H groups in total. The van der Waals surface area contributed by atoms with Gasteiger partial charge in [0.2, 0.25) is 0 Å². The van der Waals surface area contributed by atoms with Crippen molar-refractivity contribution >= 4 is 11.8 Å². The SMILES string of the molecule is CCC(C)C(C)(O)CNC(=O)Nc1ccnn1Cc1ccccn1. The van der Waals surface area contributed by atoms with Crippen molar-refractivity contribution in [3.8, 4) is 0 Å². The van der Waals surface area contributed by atoms with Gasteiger partial charge in [-0.05, 0) is 25.0 Å². The van der Waals surface area contributed by atoms with Crippen LogP contribution in [0, 0.1) is 5.92 Å². The smallest absolute Gasteiger partial charge is 0.320 e. The van der Waals surface area contributed by atoms with Gasteiger partial charge in [-0.3, -0.25) is 10.3 Å².